The van der Waals surface area contributed by atoms with Gasteiger partial charge >= 0.3 is 0 Å². The predicted octanol–water partition coefficient (Wildman–Crippen LogP) is 3.04. The molecule has 0 aliphatic carbocycles. The lowest BCUT2D eigenvalue weighted by Crippen LogP contribution is -2.47. The molecule has 0 unspecified atom stereocenters. The van der Waals surface area contributed by atoms with Crippen LogP contribution in [0.3, 0.4) is 0 Å². The first kappa shape index (κ1) is 15.8. The lowest BCUT2D eigenvalue weighted by molar-refractivity contribution is 0.281. The Morgan fingerprint density at radius 3 is 2.96 bits per heavy atom. The molecule has 1 saturated heterocycles. The second-order valence-corrected chi connectivity index (χ2v) is 7.84. The average molecular weight is 375 g/mol. The van der Waals surface area contributed by atoms with Crippen LogP contribution in [0.5, 0.6) is 0 Å². The SMILES string of the molecule is O=c1cccc2n1C[C@H]1C[C@H]2CN(c2ncnc3c2[nH]c2ccc(F)cc23)C1. The van der Waals surface area contributed by atoms with Gasteiger partial charge in [0.05, 0.1) is 0 Å². The van der Waals surface area contributed by atoms with Gasteiger partial charge in [0.25, 0.3) is 5.56 Å². The number of nitrogens with one attached hydrogen (secondary N) is 1. The second-order valence-electron chi connectivity index (χ2n) is 7.84. The number of rotatable bonds is 1. The Morgan fingerprint density at radius 2 is 2.04 bits per heavy atom. The van der Waals surface area contributed by atoms with Crippen molar-refractivity contribution >= 4 is 27.8 Å². The smallest absolute Gasteiger partial charge is 0.250 e. The molecule has 2 atom stereocenters. The zero-order chi connectivity index (χ0) is 18.8. The van der Waals surface area contributed by atoms with Crippen molar-refractivity contribution in [2.75, 3.05) is 18.0 Å². The molecule has 7 heteroatoms. The van der Waals surface area contributed by atoms with Crippen molar-refractivity contribution in [1.82, 2.24) is 19.5 Å². The molecule has 4 aromatic rings. The van der Waals surface area contributed by atoms with Crippen molar-refractivity contribution in [1.29, 1.82) is 0 Å². The van der Waals surface area contributed by atoms with E-state index < -0.39 is 0 Å². The van der Waals surface area contributed by atoms with E-state index in [1.54, 1.807) is 18.5 Å². The van der Waals surface area contributed by atoms with Gasteiger partial charge in [0.2, 0.25) is 0 Å². The van der Waals surface area contributed by atoms with E-state index in [0.29, 0.717) is 11.8 Å². The zero-order valence-electron chi connectivity index (χ0n) is 15.1. The van der Waals surface area contributed by atoms with Gasteiger partial charge in [0.1, 0.15) is 23.2 Å². The molecule has 140 valence electrons. The Bertz CT molecular complexity index is 1290. The highest BCUT2D eigenvalue weighted by atomic mass is 19.1. The number of pyridine rings is 1. The standard InChI is InChI=1S/C21H18FN5O/c22-14-4-5-16-15(7-14)19-20(25-16)21(24-11-23-19)26-8-12-6-13(10-26)17-2-1-3-18(28)27(17)9-12/h1-5,7,11-13,25H,6,8-10H2/t12-,13-/m0/s1. The van der Waals surface area contributed by atoms with Crippen molar-refractivity contribution in [3.63, 3.8) is 0 Å². The quantitative estimate of drug-likeness (QED) is 0.555. The lowest BCUT2D eigenvalue weighted by atomic mass is 9.83. The molecule has 0 radical (unpaired) electrons. The van der Waals surface area contributed by atoms with Crippen LogP contribution in [0.15, 0.2) is 47.5 Å². The highest BCUT2D eigenvalue weighted by molar-refractivity contribution is 6.08. The third-order valence-corrected chi connectivity index (χ3v) is 6.10. The minimum absolute atomic E-state index is 0.0859. The van der Waals surface area contributed by atoms with E-state index in [0.717, 1.165) is 59.5 Å². The Balaban J connectivity index is 1.47. The molecule has 1 fully saturated rings. The second kappa shape index (κ2) is 5.64. The first-order chi connectivity index (χ1) is 13.7. The third-order valence-electron chi connectivity index (χ3n) is 6.10. The van der Waals surface area contributed by atoms with Crippen molar-refractivity contribution in [2.24, 2.45) is 5.92 Å². The Labute approximate surface area is 159 Å². The van der Waals surface area contributed by atoms with E-state index in [4.69, 9.17) is 0 Å². The maximum atomic E-state index is 13.7. The minimum Gasteiger partial charge on any atom is -0.354 e. The molecule has 1 aromatic carbocycles. The van der Waals surface area contributed by atoms with Crippen LogP contribution in [0, 0.1) is 11.7 Å². The molecule has 2 aliphatic heterocycles. The highest BCUT2D eigenvalue weighted by Crippen LogP contribution is 2.38. The number of benzene rings is 1. The summed E-state index contributed by atoms with van der Waals surface area (Å²) in [6, 6.07) is 10.3. The summed E-state index contributed by atoms with van der Waals surface area (Å²) in [5.74, 6) is 1.28. The molecule has 2 bridgehead atoms. The molecule has 1 N–H and O–H groups in total. The van der Waals surface area contributed by atoms with Crippen LogP contribution in [0.2, 0.25) is 0 Å². The van der Waals surface area contributed by atoms with Crippen LogP contribution >= 0.6 is 0 Å². The summed E-state index contributed by atoms with van der Waals surface area (Å²) in [7, 11) is 0. The molecule has 2 aliphatic rings. The molecule has 6 rings (SSSR count). The Hall–Kier alpha value is -3.22. The van der Waals surface area contributed by atoms with Gasteiger partial charge in [-0.3, -0.25) is 4.79 Å². The Kier molecular flexibility index (Phi) is 3.18. The van der Waals surface area contributed by atoms with Gasteiger partial charge in [-0.05, 0) is 36.6 Å². The number of anilines is 1. The largest absolute Gasteiger partial charge is 0.354 e. The van der Waals surface area contributed by atoms with Gasteiger partial charge < -0.3 is 14.5 Å². The summed E-state index contributed by atoms with van der Waals surface area (Å²) in [5.41, 5.74) is 3.63. The van der Waals surface area contributed by atoms with Gasteiger partial charge in [-0.15, -0.1) is 0 Å². The van der Waals surface area contributed by atoms with Crippen LogP contribution in [0.25, 0.3) is 21.9 Å². The van der Waals surface area contributed by atoms with Crippen molar-refractivity contribution < 1.29 is 4.39 Å². The van der Waals surface area contributed by atoms with Crippen LogP contribution in [-0.2, 0) is 6.54 Å². The number of hydrogen-bond donors (Lipinski definition) is 1. The monoisotopic (exact) mass is 375 g/mol. The fourth-order valence-electron chi connectivity index (χ4n) is 4.96. The molecule has 5 heterocycles. The summed E-state index contributed by atoms with van der Waals surface area (Å²) < 4.78 is 15.7. The molecule has 0 spiro atoms. The van der Waals surface area contributed by atoms with Crippen LogP contribution in [0.1, 0.15) is 18.0 Å². The van der Waals surface area contributed by atoms with E-state index in [1.807, 2.05) is 10.6 Å². The highest BCUT2D eigenvalue weighted by Gasteiger charge is 2.35. The van der Waals surface area contributed by atoms with E-state index >= 15 is 0 Å². The Morgan fingerprint density at radius 1 is 1.11 bits per heavy atom. The molecule has 28 heavy (non-hydrogen) atoms. The number of H-pyrrole nitrogens is 1. The van der Waals surface area contributed by atoms with Gasteiger partial charge in [-0.2, -0.15) is 0 Å². The van der Waals surface area contributed by atoms with Crippen molar-refractivity contribution in [2.45, 2.75) is 18.9 Å². The van der Waals surface area contributed by atoms with Gasteiger partial charge in [-0.1, -0.05) is 6.07 Å². The molecule has 0 amide bonds. The average Bonchev–Trinajstić information content (AvgIpc) is 3.07. The van der Waals surface area contributed by atoms with E-state index in [9.17, 15) is 9.18 Å². The molecular weight excluding hydrogens is 357 g/mol. The minimum atomic E-state index is -0.275. The van der Waals surface area contributed by atoms with Crippen LogP contribution in [0.4, 0.5) is 10.2 Å². The van der Waals surface area contributed by atoms with E-state index in [1.165, 1.54) is 12.1 Å². The van der Waals surface area contributed by atoms with Gasteiger partial charge in [-0.25, -0.2) is 14.4 Å². The number of hydrogen-bond acceptors (Lipinski definition) is 4. The molecule has 3 aromatic heterocycles. The normalized spacial score (nSPS) is 21.2. The summed E-state index contributed by atoms with van der Waals surface area (Å²) in [5, 5.41) is 0.771. The van der Waals surface area contributed by atoms with E-state index in [-0.39, 0.29) is 11.4 Å². The number of fused-ring (bicyclic) bond motifs is 7. The number of aromatic nitrogens is 4. The molecule has 0 saturated carbocycles. The van der Waals surface area contributed by atoms with Gasteiger partial charge in [0.15, 0.2) is 5.82 Å². The summed E-state index contributed by atoms with van der Waals surface area (Å²) in [6.45, 7) is 2.39. The summed E-state index contributed by atoms with van der Waals surface area (Å²) in [6.07, 6.45) is 2.64. The molecule has 6 nitrogen and oxygen atoms in total. The van der Waals surface area contributed by atoms with Crippen molar-refractivity contribution in [3.05, 3.63) is 64.6 Å². The first-order valence-corrected chi connectivity index (χ1v) is 9.54. The molecular formula is C21H18FN5O. The number of piperidine rings is 1. The zero-order valence-corrected chi connectivity index (χ0v) is 15.1. The fourth-order valence-corrected chi connectivity index (χ4v) is 4.96. The maximum Gasteiger partial charge on any atom is 0.250 e. The van der Waals surface area contributed by atoms with E-state index in [2.05, 4.69) is 25.9 Å². The predicted molar refractivity (Wildman–Crippen MR) is 105 cm³/mol. The van der Waals surface area contributed by atoms with Crippen molar-refractivity contribution in [3.8, 4) is 0 Å². The first-order valence-electron chi connectivity index (χ1n) is 9.54. The third kappa shape index (κ3) is 2.22. The number of aromatic amines is 1. The topological polar surface area (TPSA) is 66.8 Å². The maximum absolute atomic E-state index is 13.7. The summed E-state index contributed by atoms with van der Waals surface area (Å²) in [4.78, 5) is 26.9. The summed E-state index contributed by atoms with van der Waals surface area (Å²) >= 11 is 0. The number of halogens is 1. The lowest BCUT2D eigenvalue weighted by Gasteiger charge is -2.43. The van der Waals surface area contributed by atoms with Gasteiger partial charge in [0, 0.05) is 48.2 Å². The van der Waals surface area contributed by atoms with Crippen LogP contribution < -0.4 is 10.5 Å². The van der Waals surface area contributed by atoms with Crippen LogP contribution in [-0.4, -0.2) is 32.6 Å². The fraction of sp³-hybridized carbons (Fsp3) is 0.286. The number of nitrogens with zero attached hydrogens (tertiary/aromatic N) is 4.